The Hall–Kier alpha value is -2.83. The van der Waals surface area contributed by atoms with Crippen LogP contribution in [-0.4, -0.2) is 14.8 Å². The monoisotopic (exact) mass is 420 g/mol. The van der Waals surface area contributed by atoms with E-state index in [2.05, 4.69) is 37.1 Å². The molecule has 3 heterocycles. The van der Waals surface area contributed by atoms with Gasteiger partial charge in [0, 0.05) is 52.1 Å². The summed E-state index contributed by atoms with van der Waals surface area (Å²) < 4.78 is 16.1. The predicted molar refractivity (Wildman–Crippen MR) is 120 cm³/mol. The van der Waals surface area contributed by atoms with Gasteiger partial charge in [-0.2, -0.15) is 5.10 Å². The Morgan fingerprint density at radius 3 is 2.57 bits per heavy atom. The lowest BCUT2D eigenvalue weighted by molar-refractivity contribution is 0.519. The van der Waals surface area contributed by atoms with E-state index in [0.717, 1.165) is 23.2 Å². The van der Waals surface area contributed by atoms with Crippen LogP contribution in [0.15, 0.2) is 61.1 Å². The molecule has 154 valence electrons. The lowest BCUT2D eigenvalue weighted by Crippen LogP contribution is -2.20. The number of hydrogen-bond donors (Lipinski definition) is 1. The average molecular weight is 421 g/mol. The van der Waals surface area contributed by atoms with Crippen molar-refractivity contribution in [1.29, 1.82) is 0 Å². The minimum Gasteiger partial charge on any atom is -0.306 e. The summed E-state index contributed by atoms with van der Waals surface area (Å²) in [7, 11) is 0. The first-order valence-electron chi connectivity index (χ1n) is 10.1. The topological polar surface area (TPSA) is 42.7 Å². The molecule has 0 spiro atoms. The predicted octanol–water partition coefficient (Wildman–Crippen LogP) is 5.99. The second-order valence-corrected chi connectivity index (χ2v) is 8.81. The molecule has 4 rings (SSSR count). The van der Waals surface area contributed by atoms with E-state index in [9.17, 15) is 4.39 Å². The van der Waals surface area contributed by atoms with Crippen LogP contribution in [0.3, 0.4) is 0 Å². The number of nitrogens with zero attached hydrogens (tertiary/aromatic N) is 3. The highest BCUT2D eigenvalue weighted by atomic mass is 32.1. The third-order valence-electron chi connectivity index (χ3n) is 5.24. The lowest BCUT2D eigenvalue weighted by atomic mass is 10.0. The van der Waals surface area contributed by atoms with Crippen molar-refractivity contribution < 1.29 is 4.39 Å². The van der Waals surface area contributed by atoms with E-state index in [1.165, 1.54) is 21.4 Å². The number of hydrogen-bond acceptors (Lipinski definition) is 4. The van der Waals surface area contributed by atoms with Crippen molar-refractivity contribution in [3.63, 3.8) is 0 Å². The van der Waals surface area contributed by atoms with Gasteiger partial charge >= 0.3 is 0 Å². The Bertz CT molecular complexity index is 1130. The molecule has 0 saturated heterocycles. The van der Waals surface area contributed by atoms with Crippen LogP contribution in [-0.2, 0) is 6.54 Å². The maximum absolute atomic E-state index is 14.4. The maximum atomic E-state index is 14.4. The molecule has 0 radical (unpaired) electrons. The highest BCUT2D eigenvalue weighted by Gasteiger charge is 2.18. The van der Waals surface area contributed by atoms with Gasteiger partial charge in [-0.1, -0.05) is 19.1 Å². The number of benzene rings is 1. The van der Waals surface area contributed by atoms with Crippen LogP contribution in [0.4, 0.5) is 4.39 Å². The van der Waals surface area contributed by atoms with Crippen molar-refractivity contribution in [2.75, 3.05) is 0 Å². The van der Waals surface area contributed by atoms with E-state index in [1.54, 1.807) is 28.2 Å². The van der Waals surface area contributed by atoms with Gasteiger partial charge in [-0.3, -0.25) is 4.98 Å². The molecule has 0 fully saturated rings. The van der Waals surface area contributed by atoms with Gasteiger partial charge in [-0.05, 0) is 56.2 Å². The van der Waals surface area contributed by atoms with E-state index in [4.69, 9.17) is 5.10 Å². The molecule has 6 heteroatoms. The van der Waals surface area contributed by atoms with Crippen molar-refractivity contribution in [3.05, 3.63) is 87.8 Å². The number of aryl methyl sites for hydroxylation is 2. The Balaban J connectivity index is 1.70. The van der Waals surface area contributed by atoms with Crippen LogP contribution in [0.1, 0.15) is 40.3 Å². The summed E-state index contributed by atoms with van der Waals surface area (Å²) in [5, 5.41) is 8.44. The first kappa shape index (κ1) is 20.4. The van der Waals surface area contributed by atoms with Gasteiger partial charge in [0.05, 0.1) is 5.69 Å². The first-order valence-corrected chi connectivity index (χ1v) is 10.9. The Labute approximate surface area is 180 Å². The molecule has 1 N–H and O–H groups in total. The molecule has 0 saturated carbocycles. The number of pyridine rings is 1. The molecule has 0 aliphatic heterocycles. The third kappa shape index (κ3) is 4.20. The van der Waals surface area contributed by atoms with Gasteiger partial charge in [0.2, 0.25) is 0 Å². The van der Waals surface area contributed by atoms with Gasteiger partial charge in [-0.25, -0.2) is 9.07 Å². The molecular weight excluding hydrogens is 395 g/mol. The van der Waals surface area contributed by atoms with Crippen LogP contribution in [0.25, 0.3) is 16.9 Å². The fourth-order valence-corrected chi connectivity index (χ4v) is 4.64. The second-order valence-electron chi connectivity index (χ2n) is 7.35. The molecule has 1 aromatic carbocycles. The molecule has 4 nitrogen and oxygen atoms in total. The van der Waals surface area contributed by atoms with E-state index >= 15 is 0 Å². The quantitative estimate of drug-likeness (QED) is 0.399. The van der Waals surface area contributed by atoms with Crippen LogP contribution in [0.2, 0.25) is 0 Å². The summed E-state index contributed by atoms with van der Waals surface area (Å²) in [5.41, 5.74) is 4.72. The summed E-state index contributed by atoms with van der Waals surface area (Å²) in [5.74, 6) is -0.285. The molecule has 4 aromatic rings. The van der Waals surface area contributed by atoms with Gasteiger partial charge in [0.25, 0.3) is 0 Å². The SMILES string of the molecule is CC[C@H](NCc1cn(-c2ccccc2F)nc1-c1cc(C)sc1C)c1ccncc1. The molecule has 0 bridgehead atoms. The van der Waals surface area contributed by atoms with Crippen molar-refractivity contribution >= 4 is 11.3 Å². The molecule has 0 amide bonds. The summed E-state index contributed by atoms with van der Waals surface area (Å²) >= 11 is 1.76. The minimum absolute atomic E-state index is 0.211. The summed E-state index contributed by atoms with van der Waals surface area (Å²) in [6, 6.07) is 13.2. The zero-order valence-corrected chi connectivity index (χ0v) is 18.2. The van der Waals surface area contributed by atoms with Crippen molar-refractivity contribution in [2.45, 2.75) is 39.8 Å². The molecule has 1 atom stereocenters. The Morgan fingerprint density at radius 1 is 1.13 bits per heavy atom. The normalized spacial score (nSPS) is 12.3. The van der Waals surface area contributed by atoms with Gasteiger partial charge < -0.3 is 5.32 Å². The number of para-hydroxylation sites is 1. The number of aromatic nitrogens is 3. The molecular formula is C24H25FN4S. The summed E-state index contributed by atoms with van der Waals surface area (Å²) in [6.45, 7) is 7.01. The molecule has 0 aliphatic carbocycles. The Morgan fingerprint density at radius 2 is 1.90 bits per heavy atom. The zero-order valence-electron chi connectivity index (χ0n) is 17.4. The van der Waals surface area contributed by atoms with Crippen LogP contribution in [0.5, 0.6) is 0 Å². The third-order valence-corrected chi connectivity index (χ3v) is 6.21. The fourth-order valence-electron chi connectivity index (χ4n) is 3.72. The van der Waals surface area contributed by atoms with E-state index in [0.29, 0.717) is 12.2 Å². The lowest BCUT2D eigenvalue weighted by Gasteiger charge is -2.17. The second kappa shape index (κ2) is 8.90. The molecule has 0 aliphatic rings. The van der Waals surface area contributed by atoms with Gasteiger partial charge in [0.15, 0.2) is 0 Å². The van der Waals surface area contributed by atoms with Crippen LogP contribution in [0, 0.1) is 19.7 Å². The van der Waals surface area contributed by atoms with Crippen molar-refractivity contribution in [3.8, 4) is 16.9 Å². The number of thiophene rings is 1. The maximum Gasteiger partial charge on any atom is 0.148 e. The van der Waals surface area contributed by atoms with Gasteiger partial charge in [-0.15, -0.1) is 11.3 Å². The Kier molecular flexibility index (Phi) is 6.06. The number of rotatable bonds is 7. The highest BCUT2D eigenvalue weighted by Crippen LogP contribution is 2.33. The highest BCUT2D eigenvalue weighted by molar-refractivity contribution is 7.12. The van der Waals surface area contributed by atoms with E-state index < -0.39 is 0 Å². The van der Waals surface area contributed by atoms with E-state index in [-0.39, 0.29) is 11.9 Å². The number of nitrogens with one attached hydrogen (secondary N) is 1. The van der Waals surface area contributed by atoms with Crippen LogP contribution >= 0.6 is 11.3 Å². The molecule has 3 aromatic heterocycles. The summed E-state index contributed by atoms with van der Waals surface area (Å²) in [6.07, 6.45) is 6.53. The zero-order chi connectivity index (χ0) is 21.1. The van der Waals surface area contributed by atoms with E-state index in [1.807, 2.05) is 36.8 Å². The number of halogens is 1. The molecule has 30 heavy (non-hydrogen) atoms. The smallest absolute Gasteiger partial charge is 0.148 e. The molecule has 0 unspecified atom stereocenters. The van der Waals surface area contributed by atoms with Crippen LogP contribution < -0.4 is 5.32 Å². The van der Waals surface area contributed by atoms with Gasteiger partial charge in [0.1, 0.15) is 11.5 Å². The minimum atomic E-state index is -0.285. The first-order chi connectivity index (χ1) is 14.6. The largest absolute Gasteiger partial charge is 0.306 e. The average Bonchev–Trinajstić information content (AvgIpc) is 3.31. The van der Waals surface area contributed by atoms with Crippen molar-refractivity contribution in [1.82, 2.24) is 20.1 Å². The standard InChI is InChI=1S/C24H25FN4S/c1-4-22(18-9-11-26-12-10-18)27-14-19-15-29(23-8-6-5-7-21(23)25)28-24(19)20-13-16(2)30-17(20)3/h5-13,15,22,27H,4,14H2,1-3H3/t22-/m0/s1. The van der Waals surface area contributed by atoms with Crippen molar-refractivity contribution in [2.24, 2.45) is 0 Å². The summed E-state index contributed by atoms with van der Waals surface area (Å²) in [4.78, 5) is 6.57. The fraction of sp³-hybridized carbons (Fsp3) is 0.250.